The summed E-state index contributed by atoms with van der Waals surface area (Å²) in [5.41, 5.74) is 5.08. The third-order valence-corrected chi connectivity index (χ3v) is 3.98. The summed E-state index contributed by atoms with van der Waals surface area (Å²) in [4.78, 5) is 13.4. The molecule has 0 saturated heterocycles. The molecule has 0 aromatic heterocycles. The number of carbonyl (C=O) groups is 1. The molecule has 1 atom stereocenters. The van der Waals surface area contributed by atoms with Crippen molar-refractivity contribution in [3.05, 3.63) is 47.7 Å². The number of nitrogens with one attached hydrogen (secondary N) is 2. The van der Waals surface area contributed by atoms with Gasteiger partial charge in [0.2, 0.25) is 5.91 Å². The molecule has 98 valence electrons. The van der Waals surface area contributed by atoms with Gasteiger partial charge in [0.15, 0.2) is 11.5 Å². The van der Waals surface area contributed by atoms with Crippen molar-refractivity contribution in [3.63, 3.8) is 0 Å². The number of benzene rings is 1. The Morgan fingerprint density at radius 2 is 2.16 bits per heavy atom. The highest BCUT2D eigenvalue weighted by Crippen LogP contribution is 2.24. The van der Waals surface area contributed by atoms with Crippen LogP contribution in [-0.2, 0) is 10.5 Å². The molecule has 2 aliphatic rings. The molecule has 1 aromatic rings. The van der Waals surface area contributed by atoms with Crippen LogP contribution in [0.5, 0.6) is 0 Å². The molecule has 3 rings (SSSR count). The van der Waals surface area contributed by atoms with Gasteiger partial charge in [-0.3, -0.25) is 15.1 Å². The maximum absolute atomic E-state index is 11.4. The van der Waals surface area contributed by atoms with Gasteiger partial charge >= 0.3 is 0 Å². The third kappa shape index (κ3) is 2.44. The van der Waals surface area contributed by atoms with Crippen molar-refractivity contribution in [1.29, 1.82) is 0 Å². The zero-order valence-corrected chi connectivity index (χ0v) is 11.3. The highest BCUT2D eigenvalue weighted by atomic mass is 32.2. The van der Waals surface area contributed by atoms with Crippen LogP contribution in [0.15, 0.2) is 47.2 Å². The first kappa shape index (κ1) is 12.1. The lowest BCUT2D eigenvalue weighted by molar-refractivity contribution is -0.118. The van der Waals surface area contributed by atoms with Crippen molar-refractivity contribution >= 4 is 22.8 Å². The Balaban J connectivity index is 1.69. The molecular weight excluding hydrogens is 260 g/mol. The zero-order valence-electron chi connectivity index (χ0n) is 10.5. The molecule has 2 N–H and O–H groups in total. The number of hydrogen-bond donors (Lipinski definition) is 2. The number of hydrogen-bond acceptors (Lipinski definition) is 5. The first-order valence-electron chi connectivity index (χ1n) is 6.02. The minimum absolute atomic E-state index is 0.0873. The van der Waals surface area contributed by atoms with Gasteiger partial charge in [0, 0.05) is 17.5 Å². The molecule has 2 heterocycles. The van der Waals surface area contributed by atoms with E-state index in [0.717, 1.165) is 16.6 Å². The predicted octanol–water partition coefficient (Wildman–Crippen LogP) is 1.41. The van der Waals surface area contributed by atoms with Crippen LogP contribution in [0.2, 0.25) is 0 Å². The summed E-state index contributed by atoms with van der Waals surface area (Å²) in [5.74, 6) is 0.766. The molecule has 0 radical (unpaired) electrons. The molecule has 19 heavy (non-hydrogen) atoms. The van der Waals surface area contributed by atoms with Gasteiger partial charge in [-0.2, -0.15) is 5.10 Å². The molecule has 1 amide bonds. The molecule has 0 aliphatic carbocycles. The maximum atomic E-state index is 11.4. The normalized spacial score (nSPS) is 21.2. The molecule has 0 saturated carbocycles. The molecule has 0 bridgehead atoms. The fourth-order valence-corrected chi connectivity index (χ4v) is 3.04. The molecular formula is C13H14N4OS. The smallest absolute Gasteiger partial charge is 0.248 e. The van der Waals surface area contributed by atoms with Crippen molar-refractivity contribution in [3.8, 4) is 0 Å². The molecule has 1 unspecified atom stereocenters. The van der Waals surface area contributed by atoms with E-state index in [1.807, 2.05) is 30.0 Å². The number of amides is 1. The first-order valence-corrected chi connectivity index (χ1v) is 7.00. The summed E-state index contributed by atoms with van der Waals surface area (Å²) in [6.45, 7) is 1.91. The van der Waals surface area contributed by atoms with E-state index >= 15 is 0 Å². The van der Waals surface area contributed by atoms with Crippen LogP contribution in [0.25, 0.3) is 0 Å². The Kier molecular flexibility index (Phi) is 3.16. The number of fused-ring (bicyclic) bond motifs is 1. The minimum atomic E-state index is -0.254. The Morgan fingerprint density at radius 3 is 2.95 bits per heavy atom. The predicted molar refractivity (Wildman–Crippen MR) is 75.8 cm³/mol. The highest BCUT2D eigenvalue weighted by molar-refractivity contribution is 8.13. The van der Waals surface area contributed by atoms with Crippen LogP contribution in [0, 0.1) is 0 Å². The number of carbonyl (C=O) groups excluding carboxylic acids is 1. The van der Waals surface area contributed by atoms with Gasteiger partial charge < -0.3 is 5.32 Å². The molecule has 2 aliphatic heterocycles. The van der Waals surface area contributed by atoms with Crippen molar-refractivity contribution in [2.45, 2.75) is 19.0 Å². The topological polar surface area (TPSA) is 56.7 Å². The van der Waals surface area contributed by atoms with Crippen molar-refractivity contribution in [2.24, 2.45) is 5.10 Å². The van der Waals surface area contributed by atoms with Crippen molar-refractivity contribution in [1.82, 2.24) is 15.6 Å². The van der Waals surface area contributed by atoms with Crippen LogP contribution in [-0.4, -0.2) is 22.3 Å². The van der Waals surface area contributed by atoms with Crippen molar-refractivity contribution in [2.75, 3.05) is 0 Å². The maximum Gasteiger partial charge on any atom is 0.248 e. The summed E-state index contributed by atoms with van der Waals surface area (Å²) in [5, 5.41) is 7.97. The van der Waals surface area contributed by atoms with Crippen LogP contribution >= 0.6 is 11.8 Å². The quantitative estimate of drug-likeness (QED) is 0.856. The fraction of sp³-hybridized carbons (Fsp3) is 0.231. The summed E-state index contributed by atoms with van der Waals surface area (Å²) in [6, 6.07) is 10.2. The number of hydrazone groups is 1. The SMILES string of the molecule is CC1=CC(=O)NC2NN=C(SCc3ccccc3)N12. The van der Waals surface area contributed by atoms with E-state index in [2.05, 4.69) is 28.0 Å². The Labute approximate surface area is 115 Å². The Hall–Kier alpha value is -1.95. The second-order valence-electron chi connectivity index (χ2n) is 4.36. The molecule has 0 fully saturated rings. The fourth-order valence-electron chi connectivity index (χ4n) is 2.05. The number of nitrogens with zero attached hydrogens (tertiary/aromatic N) is 2. The zero-order chi connectivity index (χ0) is 13.2. The lowest BCUT2D eigenvalue weighted by Crippen LogP contribution is -2.53. The van der Waals surface area contributed by atoms with Gasteiger partial charge in [-0.15, -0.1) is 0 Å². The highest BCUT2D eigenvalue weighted by Gasteiger charge is 2.33. The Morgan fingerprint density at radius 1 is 1.37 bits per heavy atom. The minimum Gasteiger partial charge on any atom is -0.314 e. The largest absolute Gasteiger partial charge is 0.314 e. The number of rotatable bonds is 2. The number of amidine groups is 1. The summed E-state index contributed by atoms with van der Waals surface area (Å²) in [6.07, 6.45) is 1.33. The first-order chi connectivity index (χ1) is 9.24. The van der Waals surface area contributed by atoms with Gasteiger partial charge in [-0.05, 0) is 12.5 Å². The lowest BCUT2D eigenvalue weighted by atomic mass is 10.2. The lowest BCUT2D eigenvalue weighted by Gasteiger charge is -2.30. The van der Waals surface area contributed by atoms with E-state index in [1.54, 1.807) is 17.8 Å². The van der Waals surface area contributed by atoms with Gasteiger partial charge in [-0.25, -0.2) is 0 Å². The molecule has 1 aromatic carbocycles. The van der Waals surface area contributed by atoms with Gasteiger partial charge in [0.25, 0.3) is 0 Å². The van der Waals surface area contributed by atoms with E-state index in [4.69, 9.17) is 0 Å². The molecule has 5 nitrogen and oxygen atoms in total. The van der Waals surface area contributed by atoms with Crippen LogP contribution < -0.4 is 10.7 Å². The monoisotopic (exact) mass is 274 g/mol. The summed E-state index contributed by atoms with van der Waals surface area (Å²) >= 11 is 1.65. The van der Waals surface area contributed by atoms with Crippen LogP contribution in [0.1, 0.15) is 12.5 Å². The summed E-state index contributed by atoms with van der Waals surface area (Å²) in [7, 11) is 0. The number of thioether (sulfide) groups is 1. The second-order valence-corrected chi connectivity index (χ2v) is 5.31. The van der Waals surface area contributed by atoms with Crippen LogP contribution in [0.4, 0.5) is 0 Å². The summed E-state index contributed by atoms with van der Waals surface area (Å²) < 4.78 is 0. The van der Waals surface area contributed by atoms with Gasteiger partial charge in [0.1, 0.15) is 0 Å². The molecule has 6 heteroatoms. The average Bonchev–Trinajstić information content (AvgIpc) is 2.81. The third-order valence-electron chi connectivity index (χ3n) is 2.96. The van der Waals surface area contributed by atoms with Gasteiger partial charge in [-0.1, -0.05) is 42.1 Å². The number of allylic oxidation sites excluding steroid dienone is 1. The Bertz CT molecular complexity index is 555. The molecule has 0 spiro atoms. The van der Waals surface area contributed by atoms with E-state index in [1.165, 1.54) is 5.56 Å². The van der Waals surface area contributed by atoms with Gasteiger partial charge in [0.05, 0.1) is 0 Å². The van der Waals surface area contributed by atoms with E-state index in [0.29, 0.717) is 0 Å². The second kappa shape index (κ2) is 4.97. The van der Waals surface area contributed by atoms with Crippen LogP contribution in [0.3, 0.4) is 0 Å². The van der Waals surface area contributed by atoms with E-state index in [9.17, 15) is 4.79 Å². The van der Waals surface area contributed by atoms with E-state index < -0.39 is 0 Å². The average molecular weight is 274 g/mol. The standard InChI is InChI=1S/C13H14N4OS/c1-9-7-11(18)14-12-15-16-13(17(9)12)19-8-10-5-3-2-4-6-10/h2-7,12,15H,8H2,1H3,(H,14,18). The van der Waals surface area contributed by atoms with Crippen molar-refractivity contribution < 1.29 is 4.79 Å². The van der Waals surface area contributed by atoms with E-state index in [-0.39, 0.29) is 12.2 Å².